The summed E-state index contributed by atoms with van der Waals surface area (Å²) in [4.78, 5) is 10.1. The van der Waals surface area contributed by atoms with E-state index in [9.17, 15) is 0 Å². The van der Waals surface area contributed by atoms with Crippen molar-refractivity contribution in [2.24, 2.45) is 0 Å². The Kier molecular flexibility index (Phi) is 13.0. The molecule has 8 rings (SSSR count). The molecule has 0 saturated carbocycles. The van der Waals surface area contributed by atoms with E-state index in [0.29, 0.717) is 19.1 Å². The van der Waals surface area contributed by atoms with E-state index in [1.807, 2.05) is 12.4 Å². The molecule has 5 heteroatoms. The van der Waals surface area contributed by atoms with Gasteiger partial charge in [-0.1, -0.05) is 0 Å². The van der Waals surface area contributed by atoms with Gasteiger partial charge in [0.05, 0.1) is 0 Å². The fourth-order valence-corrected chi connectivity index (χ4v) is 13.0. The molecule has 4 unspecified atom stereocenters. The molecule has 0 spiro atoms. The third-order valence-electron chi connectivity index (χ3n) is 11.7. The summed E-state index contributed by atoms with van der Waals surface area (Å²) < 4.78 is 0.679. The average Bonchev–Trinajstić information content (AvgIpc) is 3.76. The van der Waals surface area contributed by atoms with Crippen molar-refractivity contribution in [3.8, 4) is 22.3 Å². The van der Waals surface area contributed by atoms with Crippen LogP contribution in [0.1, 0.15) is 116 Å². The van der Waals surface area contributed by atoms with Gasteiger partial charge < -0.3 is 24.8 Å². The van der Waals surface area contributed by atoms with Crippen LogP contribution in [0.2, 0.25) is 0 Å². The van der Waals surface area contributed by atoms with Crippen LogP contribution in [0.3, 0.4) is 0 Å². The Morgan fingerprint density at radius 1 is 0.527 bits per heavy atom. The number of aryl methyl sites for hydroxylation is 2. The zero-order chi connectivity index (χ0) is 36.6. The summed E-state index contributed by atoms with van der Waals surface area (Å²) in [6, 6.07) is 41.5. The largest absolute Gasteiger partial charge is 1.00 e. The summed E-state index contributed by atoms with van der Waals surface area (Å²) in [5, 5.41) is 0. The minimum atomic E-state index is -1.31. The Bertz CT molecular complexity index is 2160. The number of nitrogens with zero attached hydrogens (tertiary/aromatic N) is 2. The van der Waals surface area contributed by atoms with Crippen LogP contribution >= 0.6 is 0 Å². The molecule has 2 heterocycles. The van der Waals surface area contributed by atoms with E-state index in [4.69, 9.17) is 9.97 Å². The van der Waals surface area contributed by atoms with Gasteiger partial charge in [0, 0.05) is 0 Å². The van der Waals surface area contributed by atoms with Gasteiger partial charge in [-0.15, -0.1) is 0 Å². The van der Waals surface area contributed by atoms with Crippen LogP contribution in [0.25, 0.3) is 45.6 Å². The van der Waals surface area contributed by atoms with Crippen LogP contribution < -0.4 is 24.8 Å². The summed E-state index contributed by atoms with van der Waals surface area (Å²) in [7, 11) is 0. The molecular formula is C50H48Cl2N2Zr. The second-order valence-corrected chi connectivity index (χ2v) is 18.8. The van der Waals surface area contributed by atoms with Gasteiger partial charge in [0.2, 0.25) is 0 Å². The van der Waals surface area contributed by atoms with Crippen molar-refractivity contribution in [3.05, 3.63) is 177 Å². The maximum absolute atomic E-state index is 5.05. The van der Waals surface area contributed by atoms with E-state index in [0.717, 1.165) is 24.2 Å². The average molecular weight is 839 g/mol. The zero-order valence-electron chi connectivity index (χ0n) is 32.6. The molecule has 0 N–H and O–H groups in total. The number of pyridine rings is 2. The molecule has 2 nitrogen and oxygen atoms in total. The number of hydrogen-bond acceptors (Lipinski definition) is 2. The third kappa shape index (κ3) is 8.04. The van der Waals surface area contributed by atoms with E-state index in [-0.39, 0.29) is 24.8 Å². The first-order valence-electron chi connectivity index (χ1n) is 19.3. The SMILES string of the molecule is CCC(C)c1ccc(-c2cccc3c2C=C(c2ccc(C)cn2)[CH]3[Zr+2][CH]2C(c3ccc(C)cn3)=Cc3c(-c4ccc(C(C)CC)cc4)cccc32)cc1.[Cl-].[Cl-]. The summed E-state index contributed by atoms with van der Waals surface area (Å²) in [6.45, 7) is 13.4. The van der Waals surface area contributed by atoms with E-state index in [1.54, 1.807) is 0 Å². The van der Waals surface area contributed by atoms with Gasteiger partial charge in [0.25, 0.3) is 0 Å². The molecule has 0 saturated heterocycles. The van der Waals surface area contributed by atoms with Crippen molar-refractivity contribution in [1.29, 1.82) is 0 Å². The first-order valence-corrected chi connectivity index (χ1v) is 22.2. The van der Waals surface area contributed by atoms with Crippen LogP contribution in [-0.2, 0) is 23.2 Å². The van der Waals surface area contributed by atoms with Crippen molar-refractivity contribution < 1.29 is 48.0 Å². The molecule has 0 radical (unpaired) electrons. The fourth-order valence-electron chi connectivity index (χ4n) is 8.01. The first kappa shape index (κ1) is 40.8. The van der Waals surface area contributed by atoms with Gasteiger partial charge in [0.1, 0.15) is 0 Å². The van der Waals surface area contributed by atoms with Gasteiger partial charge >= 0.3 is 330 Å². The molecule has 2 aliphatic carbocycles. The molecular weight excluding hydrogens is 791 g/mol. The number of hydrogen-bond donors (Lipinski definition) is 0. The minimum absolute atomic E-state index is 0. The molecule has 0 aliphatic heterocycles. The second-order valence-electron chi connectivity index (χ2n) is 15.2. The smallest absolute Gasteiger partial charge is 1.00 e. The van der Waals surface area contributed by atoms with Gasteiger partial charge in [-0.3, -0.25) is 0 Å². The van der Waals surface area contributed by atoms with E-state index in [2.05, 4.69) is 163 Å². The van der Waals surface area contributed by atoms with E-state index >= 15 is 0 Å². The van der Waals surface area contributed by atoms with Gasteiger partial charge in [-0.25, -0.2) is 0 Å². The maximum Gasteiger partial charge on any atom is -1.00 e. The molecule has 55 heavy (non-hydrogen) atoms. The number of halogens is 2. The van der Waals surface area contributed by atoms with Crippen LogP contribution in [0, 0.1) is 13.8 Å². The molecule has 4 atom stereocenters. The number of benzene rings is 4. The number of rotatable bonds is 10. The van der Waals surface area contributed by atoms with Gasteiger partial charge in [-0.2, -0.15) is 0 Å². The molecule has 0 fully saturated rings. The van der Waals surface area contributed by atoms with Crippen LogP contribution in [0.4, 0.5) is 0 Å². The summed E-state index contributed by atoms with van der Waals surface area (Å²) >= 11 is -1.31. The predicted octanol–water partition coefficient (Wildman–Crippen LogP) is 7.44. The maximum atomic E-state index is 5.05. The molecule has 276 valence electrons. The molecule has 0 amide bonds. The number of fused-ring (bicyclic) bond motifs is 2. The van der Waals surface area contributed by atoms with Crippen LogP contribution in [0.15, 0.2) is 122 Å². The Morgan fingerprint density at radius 3 is 1.27 bits per heavy atom. The van der Waals surface area contributed by atoms with Gasteiger partial charge in [0.15, 0.2) is 0 Å². The Labute approximate surface area is 352 Å². The van der Waals surface area contributed by atoms with E-state index in [1.165, 1.54) is 77.9 Å². The topological polar surface area (TPSA) is 25.8 Å². The first-order chi connectivity index (χ1) is 25.8. The normalized spacial score (nSPS) is 16.4. The Morgan fingerprint density at radius 2 is 0.927 bits per heavy atom. The second kappa shape index (κ2) is 17.5. The van der Waals surface area contributed by atoms with Crippen LogP contribution in [-0.4, -0.2) is 9.97 Å². The summed E-state index contributed by atoms with van der Waals surface area (Å²) in [6.07, 6.45) is 11.3. The standard InChI is InChI=1S/2C25H24N.2ClH.Zr/c2*1-4-18(3)19-9-11-20(12-10-19)23-7-5-6-21-14-22(15-24(21)23)25-13-8-17(2)16-26-25;;;/h2*5-16,18H,4H2,1-3H3;2*1H;/q;;;;+2/p-2. The Balaban J connectivity index is 0.00000257. The fraction of sp³-hybridized carbons (Fsp3) is 0.240. The summed E-state index contributed by atoms with van der Waals surface area (Å²) in [5.74, 6) is 1.12. The monoisotopic (exact) mass is 836 g/mol. The molecule has 2 aromatic heterocycles. The number of aromatic nitrogens is 2. The van der Waals surface area contributed by atoms with Crippen LogP contribution in [0.5, 0.6) is 0 Å². The molecule has 4 aromatic carbocycles. The number of allylic oxidation sites excluding steroid dienone is 2. The van der Waals surface area contributed by atoms with Crippen molar-refractivity contribution in [2.75, 3.05) is 0 Å². The predicted molar refractivity (Wildman–Crippen MR) is 220 cm³/mol. The van der Waals surface area contributed by atoms with Crippen molar-refractivity contribution in [2.45, 2.75) is 73.5 Å². The minimum Gasteiger partial charge on any atom is -1.00 e. The zero-order valence-corrected chi connectivity index (χ0v) is 36.5. The van der Waals surface area contributed by atoms with E-state index < -0.39 is 23.2 Å². The van der Waals surface area contributed by atoms with Crippen molar-refractivity contribution >= 4 is 23.3 Å². The van der Waals surface area contributed by atoms with Crippen molar-refractivity contribution in [1.82, 2.24) is 9.97 Å². The molecule has 6 aromatic rings. The van der Waals surface area contributed by atoms with Gasteiger partial charge in [-0.05, 0) is 0 Å². The molecule has 0 bridgehead atoms. The Hall–Kier alpha value is -3.88. The third-order valence-corrected chi connectivity index (χ3v) is 16.4. The summed E-state index contributed by atoms with van der Waals surface area (Å²) in [5.41, 5.74) is 21.0. The quantitative estimate of drug-likeness (QED) is 0.144. The van der Waals surface area contributed by atoms with Crippen molar-refractivity contribution in [3.63, 3.8) is 0 Å². The molecule has 2 aliphatic rings.